The number of hydrogen-bond donors (Lipinski definition) is 1. The first-order valence-corrected chi connectivity index (χ1v) is 9.94. The van der Waals surface area contributed by atoms with Crippen molar-refractivity contribution in [2.45, 2.75) is 58.7 Å². The van der Waals surface area contributed by atoms with Gasteiger partial charge in [-0.2, -0.15) is 5.10 Å². The molecule has 0 saturated carbocycles. The van der Waals surface area contributed by atoms with Crippen molar-refractivity contribution >= 4 is 5.91 Å². The summed E-state index contributed by atoms with van der Waals surface area (Å²) in [6.45, 7) is 5.41. The molecule has 4 rings (SSSR count). The molecule has 0 radical (unpaired) electrons. The molecule has 7 heteroatoms. The summed E-state index contributed by atoms with van der Waals surface area (Å²) in [5.74, 6) is 1.96. The Balaban J connectivity index is 1.43. The van der Waals surface area contributed by atoms with Crippen LogP contribution in [0, 0.1) is 6.92 Å². The lowest BCUT2D eigenvalue weighted by Gasteiger charge is -2.16. The fourth-order valence-electron chi connectivity index (χ4n) is 3.83. The second-order valence-corrected chi connectivity index (χ2v) is 7.33. The van der Waals surface area contributed by atoms with Gasteiger partial charge >= 0.3 is 0 Å². The molecule has 0 bridgehead atoms. The fraction of sp³-hybridized carbons (Fsp3) is 0.429. The standard InChI is InChI=1S/C21H26N6O/c1-3-27-18(13-15(2)25-27)21(28)22-17-9-10-19-23-24-20(26(19)12-11-17)14-16-7-5-4-6-8-16/h4-8,13,17H,3,9-12,14H2,1-2H3,(H,22,28). The Bertz CT molecular complexity index is 959. The van der Waals surface area contributed by atoms with Gasteiger partial charge in [0.15, 0.2) is 0 Å². The molecule has 2 aromatic heterocycles. The summed E-state index contributed by atoms with van der Waals surface area (Å²) >= 11 is 0. The van der Waals surface area contributed by atoms with Gasteiger partial charge in [-0.15, -0.1) is 10.2 Å². The summed E-state index contributed by atoms with van der Waals surface area (Å²) in [5.41, 5.74) is 2.73. The van der Waals surface area contributed by atoms with E-state index in [9.17, 15) is 4.79 Å². The third kappa shape index (κ3) is 3.83. The van der Waals surface area contributed by atoms with E-state index in [1.165, 1.54) is 5.56 Å². The highest BCUT2D eigenvalue weighted by Crippen LogP contribution is 2.18. The lowest BCUT2D eigenvalue weighted by Crippen LogP contribution is -2.36. The third-order valence-corrected chi connectivity index (χ3v) is 5.30. The summed E-state index contributed by atoms with van der Waals surface area (Å²) in [5, 5.41) is 16.4. The van der Waals surface area contributed by atoms with Crippen LogP contribution < -0.4 is 5.32 Å². The molecule has 1 atom stereocenters. The maximum absolute atomic E-state index is 12.7. The highest BCUT2D eigenvalue weighted by molar-refractivity contribution is 5.92. The van der Waals surface area contributed by atoms with Crippen LogP contribution in [-0.2, 0) is 25.9 Å². The zero-order valence-electron chi connectivity index (χ0n) is 16.4. The smallest absolute Gasteiger partial charge is 0.269 e. The number of aromatic nitrogens is 5. The van der Waals surface area contributed by atoms with Crippen molar-refractivity contribution in [1.29, 1.82) is 0 Å². The van der Waals surface area contributed by atoms with Crippen LogP contribution in [0.4, 0.5) is 0 Å². The minimum Gasteiger partial charge on any atom is -0.348 e. The molecule has 1 aromatic carbocycles. The number of benzene rings is 1. The number of rotatable bonds is 5. The van der Waals surface area contributed by atoms with Gasteiger partial charge in [-0.3, -0.25) is 9.48 Å². The van der Waals surface area contributed by atoms with Crippen LogP contribution in [0.3, 0.4) is 0 Å². The van der Waals surface area contributed by atoms with E-state index in [0.717, 1.165) is 49.6 Å². The minimum atomic E-state index is -0.0466. The monoisotopic (exact) mass is 378 g/mol. The molecule has 146 valence electrons. The van der Waals surface area contributed by atoms with E-state index < -0.39 is 0 Å². The predicted molar refractivity (Wildman–Crippen MR) is 106 cm³/mol. The van der Waals surface area contributed by atoms with E-state index in [1.807, 2.05) is 38.1 Å². The Morgan fingerprint density at radius 1 is 1.21 bits per heavy atom. The summed E-state index contributed by atoms with van der Waals surface area (Å²) in [6.07, 6.45) is 3.34. The molecule has 28 heavy (non-hydrogen) atoms. The van der Waals surface area contributed by atoms with Crippen LogP contribution in [-0.4, -0.2) is 36.5 Å². The van der Waals surface area contributed by atoms with Gasteiger partial charge in [0, 0.05) is 32.0 Å². The first-order valence-electron chi connectivity index (χ1n) is 9.94. The Kier molecular flexibility index (Phi) is 5.23. The number of fused-ring (bicyclic) bond motifs is 1. The quantitative estimate of drug-likeness (QED) is 0.740. The van der Waals surface area contributed by atoms with Gasteiger partial charge in [0.2, 0.25) is 0 Å². The van der Waals surface area contributed by atoms with Crippen molar-refractivity contribution in [3.05, 3.63) is 65.0 Å². The van der Waals surface area contributed by atoms with Gasteiger partial charge in [-0.05, 0) is 38.3 Å². The molecule has 1 aliphatic rings. The average molecular weight is 378 g/mol. The van der Waals surface area contributed by atoms with E-state index in [-0.39, 0.29) is 11.9 Å². The fourth-order valence-corrected chi connectivity index (χ4v) is 3.83. The lowest BCUT2D eigenvalue weighted by molar-refractivity contribution is 0.0922. The molecule has 3 heterocycles. The number of nitrogens with zero attached hydrogens (tertiary/aromatic N) is 5. The van der Waals surface area contributed by atoms with Crippen molar-refractivity contribution < 1.29 is 4.79 Å². The molecular formula is C21H26N6O. The Morgan fingerprint density at radius 2 is 2.04 bits per heavy atom. The Labute approximate surface area is 164 Å². The second-order valence-electron chi connectivity index (χ2n) is 7.33. The lowest BCUT2D eigenvalue weighted by atomic mass is 10.1. The van der Waals surface area contributed by atoms with Crippen molar-refractivity contribution in [3.63, 3.8) is 0 Å². The zero-order chi connectivity index (χ0) is 19.5. The maximum atomic E-state index is 12.7. The SMILES string of the molecule is CCn1nc(C)cc1C(=O)NC1CCc2nnc(Cc3ccccc3)n2CC1. The summed E-state index contributed by atoms with van der Waals surface area (Å²) in [7, 11) is 0. The Morgan fingerprint density at radius 3 is 2.82 bits per heavy atom. The van der Waals surface area contributed by atoms with Gasteiger partial charge in [0.1, 0.15) is 17.3 Å². The summed E-state index contributed by atoms with van der Waals surface area (Å²) in [4.78, 5) is 12.7. The molecular weight excluding hydrogens is 352 g/mol. The highest BCUT2D eigenvalue weighted by Gasteiger charge is 2.23. The topological polar surface area (TPSA) is 77.6 Å². The normalized spacial score (nSPS) is 16.4. The van der Waals surface area contributed by atoms with Crippen molar-refractivity contribution in [3.8, 4) is 0 Å². The summed E-state index contributed by atoms with van der Waals surface area (Å²) in [6, 6.07) is 12.3. The van der Waals surface area contributed by atoms with Crippen LogP contribution in [0.5, 0.6) is 0 Å². The number of carbonyl (C=O) groups is 1. The zero-order valence-corrected chi connectivity index (χ0v) is 16.4. The highest BCUT2D eigenvalue weighted by atomic mass is 16.2. The number of aryl methyl sites for hydroxylation is 3. The molecule has 0 fully saturated rings. The van der Waals surface area contributed by atoms with E-state index in [2.05, 4.69) is 37.3 Å². The van der Waals surface area contributed by atoms with Gasteiger partial charge in [-0.1, -0.05) is 30.3 Å². The molecule has 0 aliphatic carbocycles. The maximum Gasteiger partial charge on any atom is 0.269 e. The largest absolute Gasteiger partial charge is 0.348 e. The molecule has 1 unspecified atom stereocenters. The van der Waals surface area contributed by atoms with Gasteiger partial charge in [0.05, 0.1) is 5.69 Å². The predicted octanol–water partition coefficient (Wildman–Crippen LogP) is 2.53. The van der Waals surface area contributed by atoms with E-state index in [1.54, 1.807) is 4.68 Å². The molecule has 1 N–H and O–H groups in total. The molecule has 7 nitrogen and oxygen atoms in total. The molecule has 3 aromatic rings. The number of hydrogen-bond acceptors (Lipinski definition) is 4. The summed E-state index contributed by atoms with van der Waals surface area (Å²) < 4.78 is 3.98. The van der Waals surface area contributed by atoms with Crippen LogP contribution in [0.15, 0.2) is 36.4 Å². The van der Waals surface area contributed by atoms with E-state index in [0.29, 0.717) is 12.2 Å². The van der Waals surface area contributed by atoms with Crippen molar-refractivity contribution in [2.24, 2.45) is 0 Å². The first kappa shape index (κ1) is 18.4. The molecule has 1 aliphatic heterocycles. The van der Waals surface area contributed by atoms with Gasteiger partial charge in [0.25, 0.3) is 5.91 Å². The number of carbonyl (C=O) groups excluding carboxylic acids is 1. The van der Waals surface area contributed by atoms with Crippen LogP contribution >= 0.6 is 0 Å². The van der Waals surface area contributed by atoms with Gasteiger partial charge < -0.3 is 9.88 Å². The van der Waals surface area contributed by atoms with Crippen molar-refractivity contribution in [1.82, 2.24) is 29.9 Å². The third-order valence-electron chi connectivity index (χ3n) is 5.30. The Hall–Kier alpha value is -2.96. The molecule has 0 spiro atoms. The second kappa shape index (κ2) is 7.96. The number of amides is 1. The van der Waals surface area contributed by atoms with Crippen molar-refractivity contribution in [2.75, 3.05) is 0 Å². The number of nitrogens with one attached hydrogen (secondary N) is 1. The van der Waals surface area contributed by atoms with Crippen LogP contribution in [0.1, 0.15) is 53.2 Å². The molecule has 1 amide bonds. The van der Waals surface area contributed by atoms with Gasteiger partial charge in [-0.25, -0.2) is 0 Å². The van der Waals surface area contributed by atoms with E-state index in [4.69, 9.17) is 0 Å². The minimum absolute atomic E-state index is 0.0466. The van der Waals surface area contributed by atoms with Crippen LogP contribution in [0.25, 0.3) is 0 Å². The van der Waals surface area contributed by atoms with E-state index >= 15 is 0 Å². The first-order chi connectivity index (χ1) is 13.6. The average Bonchev–Trinajstić information content (AvgIpc) is 3.21. The van der Waals surface area contributed by atoms with Crippen LogP contribution in [0.2, 0.25) is 0 Å². The molecule has 0 saturated heterocycles.